The van der Waals surface area contributed by atoms with Crippen LogP contribution in [0.4, 0.5) is 15.8 Å². The Morgan fingerprint density at radius 3 is 2.88 bits per heavy atom. The molecular formula is C11H16ClFN2S. The van der Waals surface area contributed by atoms with Gasteiger partial charge in [-0.1, -0.05) is 18.5 Å². The van der Waals surface area contributed by atoms with Gasteiger partial charge in [0, 0.05) is 17.9 Å². The van der Waals surface area contributed by atoms with Crippen molar-refractivity contribution in [3.05, 3.63) is 23.0 Å². The molecule has 16 heavy (non-hydrogen) atoms. The van der Waals surface area contributed by atoms with Crippen molar-refractivity contribution in [2.75, 3.05) is 22.6 Å². The number of thioether (sulfide) groups is 1. The molecule has 0 radical (unpaired) electrons. The summed E-state index contributed by atoms with van der Waals surface area (Å²) in [5.41, 5.74) is 6.77. The molecule has 0 aliphatic heterocycles. The number of nitrogens with two attached hydrogens (primary N) is 1. The Bertz CT molecular complexity index is 360. The Morgan fingerprint density at radius 1 is 1.56 bits per heavy atom. The lowest BCUT2D eigenvalue weighted by molar-refractivity contribution is 0.629. The topological polar surface area (TPSA) is 38.0 Å². The molecule has 1 aromatic rings. The molecule has 1 atom stereocenters. The second kappa shape index (κ2) is 6.21. The number of nitrogens with one attached hydrogen (secondary N) is 1. The lowest BCUT2D eigenvalue weighted by Gasteiger charge is -2.16. The van der Waals surface area contributed by atoms with Gasteiger partial charge in [-0.3, -0.25) is 0 Å². The van der Waals surface area contributed by atoms with Gasteiger partial charge in [0.2, 0.25) is 0 Å². The summed E-state index contributed by atoms with van der Waals surface area (Å²) in [5.74, 6) is 1.57. The van der Waals surface area contributed by atoms with Crippen LogP contribution >= 0.6 is 23.4 Å². The molecule has 5 heteroatoms. The van der Waals surface area contributed by atoms with Gasteiger partial charge in [0.1, 0.15) is 5.82 Å². The maximum absolute atomic E-state index is 13.1. The molecule has 0 bridgehead atoms. The van der Waals surface area contributed by atoms with Gasteiger partial charge in [0.25, 0.3) is 0 Å². The van der Waals surface area contributed by atoms with E-state index in [4.69, 9.17) is 17.3 Å². The van der Waals surface area contributed by atoms with Crippen LogP contribution in [0.5, 0.6) is 0 Å². The van der Waals surface area contributed by atoms with E-state index in [1.807, 2.05) is 11.8 Å². The minimum atomic E-state index is -0.486. The molecule has 0 heterocycles. The number of hydrogen-bond donors (Lipinski definition) is 2. The Hall–Kier alpha value is -0.610. The van der Waals surface area contributed by atoms with Gasteiger partial charge in [-0.25, -0.2) is 4.39 Å². The van der Waals surface area contributed by atoms with E-state index >= 15 is 0 Å². The number of hydrogen-bond acceptors (Lipinski definition) is 3. The second-order valence-electron chi connectivity index (χ2n) is 3.56. The van der Waals surface area contributed by atoms with Crippen LogP contribution in [-0.4, -0.2) is 17.5 Å². The molecule has 0 fully saturated rings. The zero-order valence-corrected chi connectivity index (χ0v) is 11.0. The van der Waals surface area contributed by atoms with Crippen molar-refractivity contribution >= 4 is 34.7 Å². The normalized spacial score (nSPS) is 12.5. The van der Waals surface area contributed by atoms with Crippen LogP contribution in [0.25, 0.3) is 0 Å². The lowest BCUT2D eigenvalue weighted by Crippen LogP contribution is -2.19. The first-order chi connectivity index (χ1) is 7.54. The molecule has 1 unspecified atom stereocenters. The number of nitrogen functional groups attached to an aromatic ring is 1. The monoisotopic (exact) mass is 262 g/mol. The van der Waals surface area contributed by atoms with Crippen LogP contribution in [-0.2, 0) is 0 Å². The average Bonchev–Trinajstić information content (AvgIpc) is 2.23. The van der Waals surface area contributed by atoms with Crippen LogP contribution in [0.1, 0.15) is 13.8 Å². The summed E-state index contributed by atoms with van der Waals surface area (Å²) in [5, 5.41) is 3.31. The molecule has 0 saturated carbocycles. The van der Waals surface area contributed by atoms with Crippen molar-refractivity contribution in [2.24, 2.45) is 0 Å². The van der Waals surface area contributed by atoms with Crippen LogP contribution in [0.2, 0.25) is 5.02 Å². The summed E-state index contributed by atoms with van der Waals surface area (Å²) in [6, 6.07) is 3.04. The SMILES string of the molecule is CCSCC(C)Nc1cc(Cl)c(F)cc1N. The first kappa shape index (κ1) is 13.5. The van der Waals surface area contributed by atoms with Gasteiger partial charge in [-0.05, 0) is 18.7 Å². The summed E-state index contributed by atoms with van der Waals surface area (Å²) in [7, 11) is 0. The summed E-state index contributed by atoms with van der Waals surface area (Å²) in [4.78, 5) is 0. The van der Waals surface area contributed by atoms with Crippen molar-refractivity contribution < 1.29 is 4.39 Å². The third-order valence-electron chi connectivity index (χ3n) is 2.07. The minimum Gasteiger partial charge on any atom is -0.397 e. The highest BCUT2D eigenvalue weighted by Crippen LogP contribution is 2.27. The van der Waals surface area contributed by atoms with Crippen LogP contribution in [0, 0.1) is 5.82 Å². The first-order valence-electron chi connectivity index (χ1n) is 5.13. The van der Waals surface area contributed by atoms with Crippen LogP contribution in [0.3, 0.4) is 0 Å². The van der Waals surface area contributed by atoms with E-state index in [2.05, 4.69) is 19.2 Å². The van der Waals surface area contributed by atoms with E-state index in [1.54, 1.807) is 0 Å². The number of anilines is 2. The largest absolute Gasteiger partial charge is 0.397 e. The maximum Gasteiger partial charge on any atom is 0.143 e. The van der Waals surface area contributed by atoms with E-state index in [0.717, 1.165) is 11.5 Å². The van der Waals surface area contributed by atoms with Gasteiger partial charge >= 0.3 is 0 Å². The summed E-state index contributed by atoms with van der Waals surface area (Å²) in [6.07, 6.45) is 0. The Morgan fingerprint density at radius 2 is 2.25 bits per heavy atom. The number of halogens is 2. The number of rotatable bonds is 5. The summed E-state index contributed by atoms with van der Waals surface area (Å²) in [6.45, 7) is 4.17. The van der Waals surface area contributed by atoms with E-state index < -0.39 is 5.82 Å². The molecular weight excluding hydrogens is 247 g/mol. The maximum atomic E-state index is 13.1. The fraction of sp³-hybridized carbons (Fsp3) is 0.455. The smallest absolute Gasteiger partial charge is 0.143 e. The Balaban J connectivity index is 2.69. The molecule has 1 rings (SSSR count). The highest BCUT2D eigenvalue weighted by atomic mass is 35.5. The van der Waals surface area contributed by atoms with Gasteiger partial charge in [-0.2, -0.15) is 11.8 Å². The van der Waals surface area contributed by atoms with Crippen molar-refractivity contribution in [3.8, 4) is 0 Å². The standard InChI is InChI=1S/C11H16ClFN2S/c1-3-16-6-7(2)15-11-4-8(12)9(13)5-10(11)14/h4-5,7,15H,3,6,14H2,1-2H3. The second-order valence-corrected chi connectivity index (χ2v) is 5.28. The van der Waals surface area contributed by atoms with Gasteiger partial charge < -0.3 is 11.1 Å². The van der Waals surface area contributed by atoms with Crippen LogP contribution in [0.15, 0.2) is 12.1 Å². The van der Waals surface area contributed by atoms with Crippen molar-refractivity contribution in [1.29, 1.82) is 0 Å². The average molecular weight is 263 g/mol. The van der Waals surface area contributed by atoms with Gasteiger partial charge in [-0.15, -0.1) is 0 Å². The predicted molar refractivity (Wildman–Crippen MR) is 71.9 cm³/mol. The lowest BCUT2D eigenvalue weighted by atomic mass is 10.2. The molecule has 0 aliphatic carbocycles. The Kier molecular flexibility index (Phi) is 5.22. The third kappa shape index (κ3) is 3.76. The summed E-state index contributed by atoms with van der Waals surface area (Å²) >= 11 is 7.54. The van der Waals surface area contributed by atoms with Crippen molar-refractivity contribution in [1.82, 2.24) is 0 Å². The molecule has 0 spiro atoms. The molecule has 0 saturated heterocycles. The zero-order chi connectivity index (χ0) is 12.1. The van der Waals surface area contributed by atoms with Crippen molar-refractivity contribution in [3.63, 3.8) is 0 Å². The van der Waals surface area contributed by atoms with Gasteiger partial charge in [0.15, 0.2) is 0 Å². The number of benzene rings is 1. The van der Waals surface area contributed by atoms with E-state index in [0.29, 0.717) is 11.4 Å². The van der Waals surface area contributed by atoms with Crippen molar-refractivity contribution in [2.45, 2.75) is 19.9 Å². The molecule has 1 aromatic carbocycles. The quantitative estimate of drug-likeness (QED) is 0.796. The minimum absolute atomic E-state index is 0.0899. The molecule has 2 nitrogen and oxygen atoms in total. The Labute approximate surface area is 105 Å². The van der Waals surface area contributed by atoms with E-state index in [-0.39, 0.29) is 11.1 Å². The fourth-order valence-corrected chi connectivity index (χ4v) is 2.13. The first-order valence-corrected chi connectivity index (χ1v) is 6.66. The highest BCUT2D eigenvalue weighted by molar-refractivity contribution is 7.99. The van der Waals surface area contributed by atoms with Crippen LogP contribution < -0.4 is 11.1 Å². The predicted octanol–water partition coefficient (Wildman–Crippen LogP) is 3.61. The zero-order valence-electron chi connectivity index (χ0n) is 9.39. The fourth-order valence-electron chi connectivity index (χ4n) is 1.29. The molecule has 3 N–H and O–H groups in total. The van der Waals surface area contributed by atoms with E-state index in [9.17, 15) is 4.39 Å². The summed E-state index contributed by atoms with van der Waals surface area (Å²) < 4.78 is 13.1. The molecule has 0 aromatic heterocycles. The van der Waals surface area contributed by atoms with Gasteiger partial charge in [0.05, 0.1) is 16.4 Å². The highest BCUT2D eigenvalue weighted by Gasteiger charge is 2.08. The molecule has 0 amide bonds. The molecule has 0 aliphatic rings. The van der Waals surface area contributed by atoms with E-state index in [1.165, 1.54) is 12.1 Å². The molecule has 90 valence electrons. The third-order valence-corrected chi connectivity index (χ3v) is 3.50.